The molecule has 0 N–H and O–H groups in total. The van der Waals surface area contributed by atoms with Crippen molar-refractivity contribution >= 4 is 50.1 Å². The van der Waals surface area contributed by atoms with Gasteiger partial charge in [0, 0.05) is 37.2 Å². The molecule has 0 fully saturated rings. The van der Waals surface area contributed by atoms with Crippen LogP contribution in [0, 0.1) is 0 Å². The molecular weight excluding hydrogens is 695 g/mol. The molecular formula is C54H43NS. The van der Waals surface area contributed by atoms with Crippen molar-refractivity contribution in [1.29, 1.82) is 0 Å². The molecule has 56 heavy (non-hydrogen) atoms. The van der Waals surface area contributed by atoms with E-state index in [0.29, 0.717) is 0 Å². The first-order chi connectivity index (χ1) is 27.3. The van der Waals surface area contributed by atoms with Crippen LogP contribution in [0.1, 0.15) is 72.4 Å². The van der Waals surface area contributed by atoms with Gasteiger partial charge in [-0.3, -0.25) is 0 Å². The zero-order chi connectivity index (χ0) is 37.8. The monoisotopic (exact) mass is 737 g/mol. The maximum absolute atomic E-state index is 2.57. The van der Waals surface area contributed by atoms with E-state index in [0.717, 1.165) is 12.8 Å². The molecule has 0 amide bonds. The highest BCUT2D eigenvalue weighted by molar-refractivity contribution is 7.19. The van der Waals surface area contributed by atoms with Gasteiger partial charge in [-0.15, -0.1) is 11.3 Å². The second-order valence-corrected chi connectivity index (χ2v) is 17.9. The Kier molecular flexibility index (Phi) is 7.31. The molecule has 0 saturated carbocycles. The Labute approximate surface area is 334 Å². The Morgan fingerprint density at radius 2 is 1.04 bits per heavy atom. The van der Waals surface area contributed by atoms with Crippen LogP contribution >= 0.6 is 11.3 Å². The number of anilines is 3. The van der Waals surface area contributed by atoms with E-state index in [2.05, 4.69) is 196 Å². The van der Waals surface area contributed by atoms with Gasteiger partial charge >= 0.3 is 0 Å². The average Bonchev–Trinajstić information content (AvgIpc) is 3.81. The summed E-state index contributed by atoms with van der Waals surface area (Å²) in [5.74, 6) is 0. The molecule has 0 unspecified atom stereocenters. The van der Waals surface area contributed by atoms with Gasteiger partial charge < -0.3 is 4.90 Å². The number of rotatable bonds is 5. The third-order valence-electron chi connectivity index (χ3n) is 13.0. The topological polar surface area (TPSA) is 3.24 Å². The number of fused-ring (bicyclic) bond motifs is 9. The van der Waals surface area contributed by atoms with Crippen LogP contribution in [0.25, 0.3) is 55.1 Å². The summed E-state index contributed by atoms with van der Waals surface area (Å²) in [4.78, 5) is 4.06. The van der Waals surface area contributed by atoms with E-state index in [1.807, 2.05) is 11.3 Å². The van der Waals surface area contributed by atoms with Crippen LogP contribution < -0.4 is 4.90 Å². The highest BCUT2D eigenvalue weighted by Gasteiger charge is 2.38. The molecule has 8 aromatic rings. The predicted octanol–water partition coefficient (Wildman–Crippen LogP) is 15.1. The molecule has 270 valence electrons. The first-order valence-corrected chi connectivity index (χ1v) is 20.8. The van der Waals surface area contributed by atoms with E-state index in [9.17, 15) is 0 Å². The lowest BCUT2D eigenvalue weighted by Crippen LogP contribution is -2.17. The molecule has 0 aliphatic heterocycles. The van der Waals surface area contributed by atoms with Crippen molar-refractivity contribution in [1.82, 2.24) is 0 Å². The normalized spacial score (nSPS) is 15.4. The highest BCUT2D eigenvalue weighted by atomic mass is 32.1. The van der Waals surface area contributed by atoms with Crippen molar-refractivity contribution < 1.29 is 0 Å². The van der Waals surface area contributed by atoms with E-state index in [1.54, 1.807) is 0 Å². The number of thiophene rings is 1. The molecule has 1 nitrogen and oxygen atoms in total. The van der Waals surface area contributed by atoms with Gasteiger partial charge in [-0.2, -0.15) is 0 Å². The van der Waals surface area contributed by atoms with Crippen molar-refractivity contribution in [3.8, 4) is 33.4 Å². The molecule has 3 aliphatic rings. The van der Waals surface area contributed by atoms with E-state index in [-0.39, 0.29) is 10.8 Å². The minimum absolute atomic E-state index is 0.0815. The van der Waals surface area contributed by atoms with Crippen LogP contribution in [0.5, 0.6) is 0 Å². The van der Waals surface area contributed by atoms with Gasteiger partial charge in [-0.1, -0.05) is 155 Å². The Hall–Kier alpha value is -5.96. The molecule has 0 atom stereocenters. The molecule has 1 heterocycles. The van der Waals surface area contributed by atoms with E-state index < -0.39 is 0 Å². The summed E-state index contributed by atoms with van der Waals surface area (Å²) in [6, 6.07) is 59.3. The van der Waals surface area contributed by atoms with E-state index in [1.165, 1.54) is 104 Å². The van der Waals surface area contributed by atoms with Gasteiger partial charge in [-0.05, 0) is 116 Å². The molecule has 0 spiro atoms. The number of aryl methyl sites for hydroxylation is 1. The van der Waals surface area contributed by atoms with Crippen LogP contribution in [0.2, 0.25) is 0 Å². The minimum atomic E-state index is -0.121. The molecule has 2 heteroatoms. The lowest BCUT2D eigenvalue weighted by Gasteiger charge is -2.32. The fraction of sp³-hybridized carbons (Fsp3) is 0.148. The van der Waals surface area contributed by atoms with Crippen LogP contribution in [0.4, 0.5) is 17.1 Å². The first kappa shape index (κ1) is 33.4. The maximum atomic E-state index is 2.57. The summed E-state index contributed by atoms with van der Waals surface area (Å²) in [6.07, 6.45) is 4.56. The van der Waals surface area contributed by atoms with Gasteiger partial charge in [0.25, 0.3) is 0 Å². The molecule has 0 saturated heterocycles. The molecule has 7 aromatic carbocycles. The number of hydrogen-bond acceptors (Lipinski definition) is 2. The Morgan fingerprint density at radius 1 is 0.464 bits per heavy atom. The summed E-state index contributed by atoms with van der Waals surface area (Å²) in [7, 11) is 0. The standard InChI is InChI=1S/C54H43NS/c1-53(2)45-23-11-6-20-42(45)52-41(21-15-24-46(52)53)39-18-8-13-26-49(39)55(35-29-30-38-37-17-5-10-22-44(37)54(3,4)47(38)33-35)48-25-12-7-16-36(48)34-28-31-51-43(32-34)40-19-9-14-27-50(40)56-51/h5-27,29-30,32-33H,28,31H2,1-4H3. The van der Waals surface area contributed by atoms with Crippen molar-refractivity contribution in [2.75, 3.05) is 4.90 Å². The molecule has 0 bridgehead atoms. The Morgan fingerprint density at radius 3 is 1.84 bits per heavy atom. The summed E-state index contributed by atoms with van der Waals surface area (Å²) < 4.78 is 1.38. The van der Waals surface area contributed by atoms with Gasteiger partial charge in [0.15, 0.2) is 0 Å². The lowest BCUT2D eigenvalue weighted by atomic mass is 9.82. The quantitative estimate of drug-likeness (QED) is 0.170. The first-order valence-electron chi connectivity index (χ1n) is 20.0. The minimum Gasteiger partial charge on any atom is -0.309 e. The van der Waals surface area contributed by atoms with Crippen molar-refractivity contribution in [2.45, 2.75) is 51.4 Å². The highest BCUT2D eigenvalue weighted by Crippen LogP contribution is 2.56. The molecule has 3 aliphatic carbocycles. The third kappa shape index (κ3) is 4.79. The zero-order valence-electron chi connectivity index (χ0n) is 32.4. The zero-order valence-corrected chi connectivity index (χ0v) is 33.2. The number of para-hydroxylation sites is 2. The number of hydrogen-bond donors (Lipinski definition) is 0. The fourth-order valence-electron chi connectivity index (χ4n) is 10.2. The average molecular weight is 738 g/mol. The summed E-state index contributed by atoms with van der Waals surface area (Å²) in [5.41, 5.74) is 20.9. The van der Waals surface area contributed by atoms with Gasteiger partial charge in [0.05, 0.1) is 11.4 Å². The van der Waals surface area contributed by atoms with Crippen molar-refractivity contribution in [3.63, 3.8) is 0 Å². The second kappa shape index (κ2) is 12.3. The van der Waals surface area contributed by atoms with E-state index in [4.69, 9.17) is 0 Å². The van der Waals surface area contributed by atoms with Crippen molar-refractivity contribution in [2.24, 2.45) is 0 Å². The van der Waals surface area contributed by atoms with Crippen molar-refractivity contribution in [3.05, 3.63) is 196 Å². The summed E-state index contributed by atoms with van der Waals surface area (Å²) >= 11 is 1.96. The van der Waals surface area contributed by atoms with E-state index >= 15 is 0 Å². The Bertz CT molecular complexity index is 2930. The largest absolute Gasteiger partial charge is 0.309 e. The molecule has 1 aromatic heterocycles. The Balaban J connectivity index is 1.16. The number of allylic oxidation sites excluding steroid dienone is 1. The smallest absolute Gasteiger partial charge is 0.0540 e. The number of nitrogens with zero attached hydrogens (tertiary/aromatic N) is 1. The molecule has 0 radical (unpaired) electrons. The van der Waals surface area contributed by atoms with Crippen LogP contribution in [0.15, 0.2) is 158 Å². The SMILES string of the molecule is CC1(C)c2ccccc2-c2ccc(N(c3ccccc3C3=Cc4c(sc5ccccc45)CC3)c3ccccc3-c3cccc4c3-c3ccccc3C4(C)C)cc21. The van der Waals surface area contributed by atoms with Crippen LogP contribution in [-0.2, 0) is 17.3 Å². The summed E-state index contributed by atoms with van der Waals surface area (Å²) in [6.45, 7) is 9.52. The predicted molar refractivity (Wildman–Crippen MR) is 240 cm³/mol. The number of benzene rings is 7. The third-order valence-corrected chi connectivity index (χ3v) is 14.3. The maximum Gasteiger partial charge on any atom is 0.0540 e. The summed E-state index contributed by atoms with van der Waals surface area (Å²) in [5, 5.41) is 1.37. The fourth-order valence-corrected chi connectivity index (χ4v) is 11.4. The second-order valence-electron chi connectivity index (χ2n) is 16.8. The van der Waals surface area contributed by atoms with Crippen LogP contribution in [-0.4, -0.2) is 0 Å². The van der Waals surface area contributed by atoms with Crippen LogP contribution in [0.3, 0.4) is 0 Å². The van der Waals surface area contributed by atoms with Gasteiger partial charge in [0.1, 0.15) is 0 Å². The molecule has 11 rings (SSSR count). The van der Waals surface area contributed by atoms with Gasteiger partial charge in [0.2, 0.25) is 0 Å². The lowest BCUT2D eigenvalue weighted by molar-refractivity contribution is 0.660. The van der Waals surface area contributed by atoms with Gasteiger partial charge in [-0.25, -0.2) is 0 Å².